The first kappa shape index (κ1) is 13.5. The number of aryl methyl sites for hydroxylation is 1. The predicted octanol–water partition coefficient (Wildman–Crippen LogP) is 2.67. The van der Waals surface area contributed by atoms with Crippen molar-refractivity contribution in [3.05, 3.63) is 29.6 Å². The van der Waals surface area contributed by atoms with Gasteiger partial charge in [0, 0.05) is 5.69 Å². The predicted molar refractivity (Wildman–Crippen MR) is 73.1 cm³/mol. The first-order valence-corrected chi connectivity index (χ1v) is 7.00. The third kappa shape index (κ3) is 3.79. The number of aromatic nitrogens is 1. The average Bonchev–Trinajstić information content (AvgIpc) is 2.39. The lowest BCUT2D eigenvalue weighted by atomic mass is 9.80. The van der Waals surface area contributed by atoms with Gasteiger partial charge < -0.3 is 10.5 Å². The van der Waals surface area contributed by atoms with Crippen LogP contribution in [0, 0.1) is 18.8 Å². The zero-order valence-corrected chi connectivity index (χ0v) is 11.3. The third-order valence-electron chi connectivity index (χ3n) is 3.90. The highest BCUT2D eigenvalue weighted by atomic mass is 16.5. The highest BCUT2D eigenvalue weighted by molar-refractivity contribution is 5.08. The van der Waals surface area contributed by atoms with Gasteiger partial charge in [-0.15, -0.1) is 0 Å². The van der Waals surface area contributed by atoms with Crippen LogP contribution in [0.2, 0.25) is 0 Å². The number of pyridine rings is 1. The van der Waals surface area contributed by atoms with Crippen LogP contribution in [0.15, 0.2) is 18.2 Å². The summed E-state index contributed by atoms with van der Waals surface area (Å²) >= 11 is 0. The Hall–Kier alpha value is -0.930. The monoisotopic (exact) mass is 248 g/mol. The molecule has 3 nitrogen and oxygen atoms in total. The van der Waals surface area contributed by atoms with E-state index in [-0.39, 0.29) is 0 Å². The molecule has 2 N–H and O–H groups in total. The van der Waals surface area contributed by atoms with E-state index in [1.807, 2.05) is 25.1 Å². The van der Waals surface area contributed by atoms with Crippen LogP contribution in [0.5, 0.6) is 0 Å². The summed E-state index contributed by atoms with van der Waals surface area (Å²) in [5, 5.41) is 0. The van der Waals surface area contributed by atoms with Gasteiger partial charge in [-0.25, -0.2) is 0 Å². The summed E-state index contributed by atoms with van der Waals surface area (Å²) in [5.41, 5.74) is 7.90. The molecule has 1 aromatic rings. The molecule has 1 heterocycles. The van der Waals surface area contributed by atoms with Crippen LogP contribution in [0.4, 0.5) is 0 Å². The highest BCUT2D eigenvalue weighted by Crippen LogP contribution is 2.29. The largest absolute Gasteiger partial charge is 0.375 e. The number of rotatable bonds is 5. The van der Waals surface area contributed by atoms with Crippen LogP contribution in [0.3, 0.4) is 0 Å². The Balaban J connectivity index is 1.77. The van der Waals surface area contributed by atoms with Crippen LogP contribution < -0.4 is 5.73 Å². The van der Waals surface area contributed by atoms with Crippen molar-refractivity contribution in [1.29, 1.82) is 0 Å². The lowest BCUT2D eigenvalue weighted by Crippen LogP contribution is -2.29. The zero-order valence-electron chi connectivity index (χ0n) is 11.3. The van der Waals surface area contributed by atoms with E-state index in [2.05, 4.69) is 4.98 Å². The Morgan fingerprint density at radius 3 is 2.78 bits per heavy atom. The summed E-state index contributed by atoms with van der Waals surface area (Å²) in [7, 11) is 0. The maximum atomic E-state index is 5.83. The van der Waals surface area contributed by atoms with Crippen LogP contribution in [-0.4, -0.2) is 18.1 Å². The molecule has 2 atom stereocenters. The van der Waals surface area contributed by atoms with Crippen molar-refractivity contribution in [3.63, 3.8) is 0 Å². The summed E-state index contributed by atoms with van der Waals surface area (Å²) in [5.74, 6) is 1.30. The van der Waals surface area contributed by atoms with Gasteiger partial charge in [0.05, 0.1) is 18.9 Å². The van der Waals surface area contributed by atoms with Crippen molar-refractivity contribution in [3.8, 4) is 0 Å². The second-order valence-corrected chi connectivity index (χ2v) is 5.33. The molecule has 18 heavy (non-hydrogen) atoms. The zero-order chi connectivity index (χ0) is 12.8. The second kappa shape index (κ2) is 6.86. The standard InChI is InChI=1S/C15H24N2O/c1-12-5-4-8-15(17-12)11-18-10-14-7-3-2-6-13(14)9-16/h4-5,8,13-14H,2-3,6-7,9-11,16H2,1H3. The maximum Gasteiger partial charge on any atom is 0.0888 e. The van der Waals surface area contributed by atoms with Gasteiger partial charge in [-0.1, -0.05) is 18.9 Å². The fraction of sp³-hybridized carbons (Fsp3) is 0.667. The molecule has 0 amide bonds. The lowest BCUT2D eigenvalue weighted by molar-refractivity contribution is 0.0496. The van der Waals surface area contributed by atoms with Crippen molar-refractivity contribution in [2.75, 3.05) is 13.2 Å². The van der Waals surface area contributed by atoms with Crippen molar-refractivity contribution < 1.29 is 4.74 Å². The van der Waals surface area contributed by atoms with Crippen molar-refractivity contribution >= 4 is 0 Å². The minimum Gasteiger partial charge on any atom is -0.375 e. The molecule has 100 valence electrons. The molecular formula is C15H24N2O. The van der Waals surface area contributed by atoms with Gasteiger partial charge in [-0.3, -0.25) is 4.98 Å². The van der Waals surface area contributed by atoms with Crippen LogP contribution in [-0.2, 0) is 11.3 Å². The molecule has 0 spiro atoms. The fourth-order valence-electron chi connectivity index (χ4n) is 2.81. The SMILES string of the molecule is Cc1cccc(COCC2CCCCC2CN)n1. The molecule has 3 heteroatoms. The lowest BCUT2D eigenvalue weighted by Gasteiger charge is -2.30. The minimum atomic E-state index is 0.621. The summed E-state index contributed by atoms with van der Waals surface area (Å²) < 4.78 is 5.83. The van der Waals surface area contributed by atoms with Crippen LogP contribution in [0.1, 0.15) is 37.1 Å². The Morgan fingerprint density at radius 1 is 1.28 bits per heavy atom. The molecule has 2 unspecified atom stereocenters. The van der Waals surface area contributed by atoms with E-state index in [9.17, 15) is 0 Å². The molecule has 0 aliphatic heterocycles. The van der Waals surface area contributed by atoms with E-state index in [0.29, 0.717) is 18.4 Å². The minimum absolute atomic E-state index is 0.621. The number of ether oxygens (including phenoxy) is 1. The van der Waals surface area contributed by atoms with Crippen molar-refractivity contribution in [2.24, 2.45) is 17.6 Å². The van der Waals surface area contributed by atoms with Crippen LogP contribution >= 0.6 is 0 Å². The Labute approximate surface area is 110 Å². The molecule has 1 aliphatic rings. The topological polar surface area (TPSA) is 48.1 Å². The Bertz CT molecular complexity index is 367. The first-order valence-electron chi connectivity index (χ1n) is 7.00. The van der Waals surface area contributed by atoms with E-state index >= 15 is 0 Å². The van der Waals surface area contributed by atoms with Gasteiger partial charge in [0.1, 0.15) is 0 Å². The van der Waals surface area contributed by atoms with Gasteiger partial charge in [-0.2, -0.15) is 0 Å². The molecular weight excluding hydrogens is 224 g/mol. The van der Waals surface area contributed by atoms with E-state index < -0.39 is 0 Å². The first-order chi connectivity index (χ1) is 8.79. The molecule has 2 rings (SSSR count). The van der Waals surface area contributed by atoms with Crippen molar-refractivity contribution in [1.82, 2.24) is 4.98 Å². The fourth-order valence-corrected chi connectivity index (χ4v) is 2.81. The van der Waals surface area contributed by atoms with E-state index in [1.54, 1.807) is 0 Å². The van der Waals surface area contributed by atoms with Gasteiger partial charge in [-0.05, 0) is 50.3 Å². The van der Waals surface area contributed by atoms with Crippen molar-refractivity contribution in [2.45, 2.75) is 39.2 Å². The molecule has 1 aromatic heterocycles. The maximum absolute atomic E-state index is 5.83. The number of hydrogen-bond acceptors (Lipinski definition) is 3. The highest BCUT2D eigenvalue weighted by Gasteiger charge is 2.23. The third-order valence-corrected chi connectivity index (χ3v) is 3.90. The summed E-state index contributed by atoms with van der Waals surface area (Å²) in [4.78, 5) is 4.45. The van der Waals surface area contributed by atoms with E-state index in [1.165, 1.54) is 25.7 Å². The van der Waals surface area contributed by atoms with Gasteiger partial charge in [0.25, 0.3) is 0 Å². The molecule has 0 saturated heterocycles. The number of nitrogens with two attached hydrogens (primary N) is 1. The molecule has 1 aliphatic carbocycles. The van der Waals surface area contributed by atoms with E-state index in [4.69, 9.17) is 10.5 Å². The smallest absolute Gasteiger partial charge is 0.0888 e. The number of hydrogen-bond donors (Lipinski definition) is 1. The van der Waals surface area contributed by atoms with Gasteiger partial charge >= 0.3 is 0 Å². The molecule has 1 fully saturated rings. The van der Waals surface area contributed by atoms with Crippen LogP contribution in [0.25, 0.3) is 0 Å². The Kier molecular flexibility index (Phi) is 5.14. The molecule has 0 radical (unpaired) electrons. The number of nitrogens with zero attached hydrogens (tertiary/aromatic N) is 1. The molecule has 1 saturated carbocycles. The second-order valence-electron chi connectivity index (χ2n) is 5.33. The quantitative estimate of drug-likeness (QED) is 0.871. The average molecular weight is 248 g/mol. The normalized spacial score (nSPS) is 24.1. The molecule has 0 aromatic carbocycles. The summed E-state index contributed by atoms with van der Waals surface area (Å²) in [6.45, 7) is 4.26. The molecule has 0 bridgehead atoms. The summed E-state index contributed by atoms with van der Waals surface area (Å²) in [6.07, 6.45) is 5.20. The summed E-state index contributed by atoms with van der Waals surface area (Å²) in [6, 6.07) is 6.06. The van der Waals surface area contributed by atoms with Gasteiger partial charge in [0.2, 0.25) is 0 Å². The van der Waals surface area contributed by atoms with Gasteiger partial charge in [0.15, 0.2) is 0 Å². The Morgan fingerprint density at radius 2 is 2.06 bits per heavy atom. The van der Waals surface area contributed by atoms with E-state index in [0.717, 1.165) is 24.5 Å².